The Morgan fingerprint density at radius 1 is 0.784 bits per heavy atom. The van der Waals surface area contributed by atoms with Crippen LogP contribution < -0.4 is 5.32 Å². The molecule has 184 valence electrons. The molecule has 0 fully saturated rings. The summed E-state index contributed by atoms with van der Waals surface area (Å²) < 4.78 is 15.3. The fourth-order valence-electron chi connectivity index (χ4n) is 4.11. The number of aromatic nitrogens is 2. The number of nitrogens with one attached hydrogen (secondary N) is 1. The first-order valence-corrected chi connectivity index (χ1v) is 13.1. The lowest BCUT2D eigenvalue weighted by Gasteiger charge is -2.13. The Morgan fingerprint density at radius 2 is 1.38 bits per heavy atom. The monoisotopic (exact) mass is 507 g/mol. The number of para-hydroxylation sites is 1. The van der Waals surface area contributed by atoms with Crippen molar-refractivity contribution in [3.05, 3.63) is 127 Å². The second kappa shape index (κ2) is 11.7. The number of nitrogens with zero attached hydrogens (tertiary/aromatic N) is 2. The highest BCUT2D eigenvalue weighted by molar-refractivity contribution is 7.99. The molecule has 0 saturated heterocycles. The van der Waals surface area contributed by atoms with Crippen molar-refractivity contribution < 1.29 is 9.18 Å². The zero-order valence-electron chi connectivity index (χ0n) is 20.2. The van der Waals surface area contributed by atoms with E-state index in [1.165, 1.54) is 24.3 Å². The van der Waals surface area contributed by atoms with Gasteiger partial charge in [0.1, 0.15) is 5.82 Å². The quantitative estimate of drug-likeness (QED) is 0.169. The smallest absolute Gasteiger partial charge is 0.251 e. The number of thioether (sulfide) groups is 1. The van der Waals surface area contributed by atoms with Crippen LogP contribution >= 0.6 is 11.8 Å². The van der Waals surface area contributed by atoms with E-state index in [9.17, 15) is 9.18 Å². The zero-order chi connectivity index (χ0) is 25.5. The molecule has 5 aromatic rings. The Hall–Kier alpha value is -4.16. The maximum Gasteiger partial charge on any atom is 0.251 e. The lowest BCUT2D eigenvalue weighted by Crippen LogP contribution is -2.24. The molecular formula is C31H26FN3OS. The van der Waals surface area contributed by atoms with E-state index < -0.39 is 0 Å². The van der Waals surface area contributed by atoms with Crippen LogP contribution in [0.15, 0.2) is 120 Å². The Kier molecular flexibility index (Phi) is 7.77. The van der Waals surface area contributed by atoms with Crippen molar-refractivity contribution in [3.8, 4) is 28.2 Å². The minimum Gasteiger partial charge on any atom is -0.352 e. The first-order chi connectivity index (χ1) is 18.2. The van der Waals surface area contributed by atoms with Crippen molar-refractivity contribution in [3.63, 3.8) is 0 Å². The molecule has 0 aliphatic rings. The van der Waals surface area contributed by atoms with Gasteiger partial charge in [-0.05, 0) is 42.8 Å². The molecule has 37 heavy (non-hydrogen) atoms. The summed E-state index contributed by atoms with van der Waals surface area (Å²) in [4.78, 5) is 17.5. The molecule has 1 amide bonds. The van der Waals surface area contributed by atoms with Crippen LogP contribution in [0, 0.1) is 5.82 Å². The molecule has 0 bridgehead atoms. The van der Waals surface area contributed by atoms with Gasteiger partial charge in [0.05, 0.1) is 11.4 Å². The van der Waals surface area contributed by atoms with Crippen LogP contribution in [0.1, 0.15) is 16.8 Å². The molecule has 0 aliphatic carbocycles. The molecule has 5 rings (SSSR count). The average Bonchev–Trinajstić information content (AvgIpc) is 3.34. The summed E-state index contributed by atoms with van der Waals surface area (Å²) in [7, 11) is 0. The lowest BCUT2D eigenvalue weighted by atomic mass is 10.0. The van der Waals surface area contributed by atoms with Crippen molar-refractivity contribution in [1.29, 1.82) is 0 Å². The normalized spacial score (nSPS) is 10.8. The van der Waals surface area contributed by atoms with E-state index in [1.54, 1.807) is 11.8 Å². The molecule has 0 saturated carbocycles. The minimum absolute atomic E-state index is 0.200. The topological polar surface area (TPSA) is 46.9 Å². The Bertz CT molecular complexity index is 1450. The van der Waals surface area contributed by atoms with E-state index >= 15 is 0 Å². The van der Waals surface area contributed by atoms with Crippen LogP contribution in [0.5, 0.6) is 0 Å². The highest BCUT2D eigenvalue weighted by atomic mass is 32.2. The average molecular weight is 508 g/mol. The van der Waals surface area contributed by atoms with E-state index in [1.807, 2.05) is 54.6 Å². The van der Waals surface area contributed by atoms with E-state index in [0.717, 1.165) is 45.5 Å². The summed E-state index contributed by atoms with van der Waals surface area (Å²) in [5.41, 5.74) is 5.63. The number of hydrogen-bond donors (Lipinski definition) is 1. The Labute approximate surface area is 220 Å². The maximum atomic E-state index is 13.1. The molecule has 0 radical (unpaired) electrons. The van der Waals surface area contributed by atoms with Crippen molar-refractivity contribution in [2.24, 2.45) is 0 Å². The summed E-state index contributed by atoms with van der Waals surface area (Å²) in [6.07, 6.45) is 0.764. The van der Waals surface area contributed by atoms with Crippen LogP contribution in [0.3, 0.4) is 0 Å². The van der Waals surface area contributed by atoms with Crippen LogP contribution in [-0.2, 0) is 0 Å². The molecule has 0 spiro atoms. The van der Waals surface area contributed by atoms with Gasteiger partial charge in [0.15, 0.2) is 5.16 Å². The standard InChI is InChI=1S/C31H26FN3OS/c32-26-19-17-25(18-20-26)30(36)33-21-10-22-37-31-34-28(23-11-4-1-5-12-23)29(24-13-6-2-7-14-24)35(31)27-15-8-3-9-16-27/h1-9,11-20H,10,21-22H2,(H,33,36). The van der Waals surface area contributed by atoms with Crippen LogP contribution in [0.2, 0.25) is 0 Å². The lowest BCUT2D eigenvalue weighted by molar-refractivity contribution is 0.0953. The second-order valence-electron chi connectivity index (χ2n) is 8.46. The molecular weight excluding hydrogens is 481 g/mol. The van der Waals surface area contributed by atoms with Crippen molar-refractivity contribution >= 4 is 17.7 Å². The molecule has 0 atom stereocenters. The van der Waals surface area contributed by atoms with Gasteiger partial charge >= 0.3 is 0 Å². The van der Waals surface area contributed by atoms with Gasteiger partial charge in [-0.25, -0.2) is 9.37 Å². The molecule has 4 aromatic carbocycles. The van der Waals surface area contributed by atoms with E-state index in [4.69, 9.17) is 4.98 Å². The van der Waals surface area contributed by atoms with Gasteiger partial charge in [-0.15, -0.1) is 0 Å². The molecule has 6 heteroatoms. The van der Waals surface area contributed by atoms with Gasteiger partial charge in [0.25, 0.3) is 5.91 Å². The van der Waals surface area contributed by atoms with E-state index in [-0.39, 0.29) is 11.7 Å². The first kappa shape index (κ1) is 24.5. The minimum atomic E-state index is -0.355. The van der Waals surface area contributed by atoms with Crippen LogP contribution in [-0.4, -0.2) is 27.8 Å². The van der Waals surface area contributed by atoms with Gasteiger partial charge in [-0.2, -0.15) is 0 Å². The fourth-order valence-corrected chi connectivity index (χ4v) is 5.07. The Balaban J connectivity index is 1.40. The maximum absolute atomic E-state index is 13.1. The number of amides is 1. The summed E-state index contributed by atoms with van der Waals surface area (Å²) >= 11 is 1.67. The molecule has 1 N–H and O–H groups in total. The van der Waals surface area contributed by atoms with Gasteiger partial charge in [-0.3, -0.25) is 9.36 Å². The predicted octanol–water partition coefficient (Wildman–Crippen LogP) is 7.26. The van der Waals surface area contributed by atoms with Crippen LogP contribution in [0.4, 0.5) is 4.39 Å². The molecule has 4 nitrogen and oxygen atoms in total. The van der Waals surface area contributed by atoms with Gasteiger partial charge in [0, 0.05) is 34.7 Å². The Morgan fingerprint density at radius 3 is 2.03 bits per heavy atom. The second-order valence-corrected chi connectivity index (χ2v) is 9.52. The third-order valence-corrected chi connectivity index (χ3v) is 6.92. The number of imidazole rings is 1. The van der Waals surface area contributed by atoms with Crippen molar-refractivity contribution in [2.75, 3.05) is 12.3 Å². The fraction of sp³-hybridized carbons (Fsp3) is 0.0968. The molecule has 1 heterocycles. The van der Waals surface area contributed by atoms with Crippen molar-refractivity contribution in [1.82, 2.24) is 14.9 Å². The number of benzene rings is 4. The predicted molar refractivity (Wildman–Crippen MR) is 149 cm³/mol. The summed E-state index contributed by atoms with van der Waals surface area (Å²) in [6, 6.07) is 36.4. The SMILES string of the molecule is O=C(NCCCSc1nc(-c2ccccc2)c(-c2ccccc2)n1-c1ccccc1)c1ccc(F)cc1. The van der Waals surface area contributed by atoms with Gasteiger partial charge in [-0.1, -0.05) is 90.6 Å². The highest BCUT2D eigenvalue weighted by Crippen LogP contribution is 2.38. The van der Waals surface area contributed by atoms with Crippen LogP contribution in [0.25, 0.3) is 28.2 Å². The molecule has 0 aliphatic heterocycles. The number of carbonyl (C=O) groups is 1. The van der Waals surface area contributed by atoms with E-state index in [0.29, 0.717) is 12.1 Å². The third kappa shape index (κ3) is 5.81. The summed E-state index contributed by atoms with van der Waals surface area (Å²) in [5, 5.41) is 3.81. The number of hydrogen-bond acceptors (Lipinski definition) is 3. The highest BCUT2D eigenvalue weighted by Gasteiger charge is 2.21. The van der Waals surface area contributed by atoms with E-state index in [2.05, 4.69) is 46.3 Å². The zero-order valence-corrected chi connectivity index (χ0v) is 21.0. The largest absolute Gasteiger partial charge is 0.352 e. The number of halogens is 1. The third-order valence-electron chi connectivity index (χ3n) is 5.90. The van der Waals surface area contributed by atoms with Gasteiger partial charge < -0.3 is 5.32 Å². The first-order valence-electron chi connectivity index (χ1n) is 12.2. The summed E-state index contributed by atoms with van der Waals surface area (Å²) in [6.45, 7) is 0.520. The number of rotatable bonds is 9. The molecule has 1 aromatic heterocycles. The van der Waals surface area contributed by atoms with Gasteiger partial charge in [0.2, 0.25) is 0 Å². The van der Waals surface area contributed by atoms with Crippen molar-refractivity contribution in [2.45, 2.75) is 11.6 Å². The number of carbonyl (C=O) groups excluding carboxylic acids is 1. The molecule has 0 unspecified atom stereocenters. The summed E-state index contributed by atoms with van der Waals surface area (Å²) in [5.74, 6) is 0.218.